The zero-order valence-electron chi connectivity index (χ0n) is 13.5. The minimum Gasteiger partial charge on any atom is -0.506 e. The topological polar surface area (TPSA) is 60.2 Å². The Bertz CT molecular complexity index is 811. The number of unbranched alkanes of at least 4 members (excludes halogenated alkanes) is 1. The minimum atomic E-state index is 0.168. The molecule has 0 fully saturated rings. The summed E-state index contributed by atoms with van der Waals surface area (Å²) in [6.07, 6.45) is 3.03. The SMILES string of the molecule is CCCCOc1ccc2nn(-c3cc(CC)ccc3O)nc2c1. The van der Waals surface area contributed by atoms with E-state index in [0.717, 1.165) is 41.6 Å². The van der Waals surface area contributed by atoms with E-state index in [4.69, 9.17) is 4.74 Å². The molecule has 0 saturated carbocycles. The van der Waals surface area contributed by atoms with E-state index in [9.17, 15) is 5.11 Å². The summed E-state index contributed by atoms with van der Waals surface area (Å²) in [5.74, 6) is 0.964. The van der Waals surface area contributed by atoms with Crippen molar-refractivity contribution in [3.8, 4) is 17.2 Å². The largest absolute Gasteiger partial charge is 0.506 e. The summed E-state index contributed by atoms with van der Waals surface area (Å²) in [6.45, 7) is 4.91. The van der Waals surface area contributed by atoms with Gasteiger partial charge in [0.15, 0.2) is 0 Å². The molecule has 5 heteroatoms. The number of fused-ring (bicyclic) bond motifs is 1. The van der Waals surface area contributed by atoms with E-state index < -0.39 is 0 Å². The second-order valence-electron chi connectivity index (χ2n) is 5.52. The Morgan fingerprint density at radius 2 is 1.87 bits per heavy atom. The van der Waals surface area contributed by atoms with E-state index in [0.29, 0.717) is 12.3 Å². The van der Waals surface area contributed by atoms with Crippen LogP contribution in [-0.4, -0.2) is 26.7 Å². The van der Waals surface area contributed by atoms with E-state index in [1.54, 1.807) is 6.07 Å². The van der Waals surface area contributed by atoms with Gasteiger partial charge >= 0.3 is 0 Å². The Morgan fingerprint density at radius 3 is 2.65 bits per heavy atom. The standard InChI is InChI=1S/C18H21N3O2/c1-3-5-10-23-14-7-8-15-16(12-14)20-21(19-15)17-11-13(4-2)6-9-18(17)22/h6-9,11-12,22H,3-5,10H2,1-2H3. The average molecular weight is 311 g/mol. The van der Waals surface area contributed by atoms with Crippen molar-refractivity contribution in [2.45, 2.75) is 33.1 Å². The lowest BCUT2D eigenvalue weighted by Gasteiger charge is -2.05. The highest BCUT2D eigenvalue weighted by atomic mass is 16.5. The first-order chi connectivity index (χ1) is 11.2. The fourth-order valence-corrected chi connectivity index (χ4v) is 2.38. The highest BCUT2D eigenvalue weighted by Crippen LogP contribution is 2.24. The Hall–Kier alpha value is -2.56. The predicted molar refractivity (Wildman–Crippen MR) is 90.3 cm³/mol. The van der Waals surface area contributed by atoms with Gasteiger partial charge in [-0.2, -0.15) is 0 Å². The molecule has 3 aromatic rings. The van der Waals surface area contributed by atoms with Crippen molar-refractivity contribution in [2.24, 2.45) is 0 Å². The molecule has 5 nitrogen and oxygen atoms in total. The summed E-state index contributed by atoms with van der Waals surface area (Å²) < 4.78 is 5.70. The molecule has 2 aromatic carbocycles. The lowest BCUT2D eigenvalue weighted by atomic mass is 10.1. The molecule has 0 aliphatic rings. The van der Waals surface area contributed by atoms with Crippen molar-refractivity contribution in [3.05, 3.63) is 42.0 Å². The number of aryl methyl sites for hydroxylation is 1. The van der Waals surface area contributed by atoms with E-state index >= 15 is 0 Å². The van der Waals surface area contributed by atoms with E-state index in [2.05, 4.69) is 24.0 Å². The number of aromatic nitrogens is 3. The van der Waals surface area contributed by atoms with E-state index in [-0.39, 0.29) is 5.75 Å². The van der Waals surface area contributed by atoms with Crippen molar-refractivity contribution in [3.63, 3.8) is 0 Å². The summed E-state index contributed by atoms with van der Waals surface area (Å²) in [6, 6.07) is 11.2. The molecule has 0 atom stereocenters. The molecule has 23 heavy (non-hydrogen) atoms. The summed E-state index contributed by atoms with van der Waals surface area (Å²) >= 11 is 0. The predicted octanol–water partition coefficient (Wildman–Crippen LogP) is 3.87. The second kappa shape index (κ2) is 6.69. The number of rotatable bonds is 6. The molecule has 0 unspecified atom stereocenters. The fraction of sp³-hybridized carbons (Fsp3) is 0.333. The zero-order valence-corrected chi connectivity index (χ0v) is 13.5. The lowest BCUT2D eigenvalue weighted by Crippen LogP contribution is -2.00. The average Bonchev–Trinajstić information content (AvgIpc) is 2.98. The molecular formula is C18H21N3O2. The van der Waals surface area contributed by atoms with Crippen LogP contribution in [0.1, 0.15) is 32.3 Å². The van der Waals surface area contributed by atoms with Gasteiger partial charge in [0.2, 0.25) is 0 Å². The first-order valence-electron chi connectivity index (χ1n) is 8.03. The van der Waals surface area contributed by atoms with Gasteiger partial charge in [-0.1, -0.05) is 26.3 Å². The summed E-state index contributed by atoms with van der Waals surface area (Å²) in [7, 11) is 0. The first kappa shape index (κ1) is 15.3. The molecule has 0 saturated heterocycles. The van der Waals surface area contributed by atoms with E-state index in [1.807, 2.05) is 30.3 Å². The van der Waals surface area contributed by atoms with E-state index in [1.165, 1.54) is 4.80 Å². The highest BCUT2D eigenvalue weighted by Gasteiger charge is 2.10. The first-order valence-corrected chi connectivity index (χ1v) is 8.03. The third-order valence-electron chi connectivity index (χ3n) is 3.78. The van der Waals surface area contributed by atoms with Crippen molar-refractivity contribution in [1.82, 2.24) is 15.0 Å². The van der Waals surface area contributed by atoms with Gasteiger partial charge in [-0.15, -0.1) is 15.0 Å². The maximum absolute atomic E-state index is 10.1. The maximum atomic E-state index is 10.1. The quantitative estimate of drug-likeness (QED) is 0.702. The van der Waals surface area contributed by atoms with Crippen LogP contribution in [0.25, 0.3) is 16.7 Å². The van der Waals surface area contributed by atoms with Crippen molar-refractivity contribution < 1.29 is 9.84 Å². The zero-order chi connectivity index (χ0) is 16.2. The molecule has 0 amide bonds. The second-order valence-corrected chi connectivity index (χ2v) is 5.52. The molecule has 0 radical (unpaired) electrons. The Balaban J connectivity index is 1.93. The fourth-order valence-electron chi connectivity index (χ4n) is 2.38. The van der Waals surface area contributed by atoms with Crippen LogP contribution in [0.2, 0.25) is 0 Å². The number of aromatic hydroxyl groups is 1. The Morgan fingerprint density at radius 1 is 1.04 bits per heavy atom. The van der Waals surface area contributed by atoms with Crippen LogP contribution in [0.3, 0.4) is 0 Å². The van der Waals surface area contributed by atoms with Gasteiger partial charge in [-0.05, 0) is 42.7 Å². The number of hydrogen-bond acceptors (Lipinski definition) is 4. The molecule has 0 aliphatic carbocycles. The number of phenols is 1. The minimum absolute atomic E-state index is 0.168. The maximum Gasteiger partial charge on any atom is 0.143 e. The van der Waals surface area contributed by atoms with Gasteiger partial charge in [0.25, 0.3) is 0 Å². The normalized spacial score (nSPS) is 11.0. The molecule has 1 heterocycles. The Kier molecular flexibility index (Phi) is 4.46. The molecule has 3 rings (SSSR count). The summed E-state index contributed by atoms with van der Waals surface area (Å²) in [5.41, 5.74) is 3.24. The van der Waals surface area contributed by atoms with Crippen LogP contribution in [-0.2, 0) is 6.42 Å². The number of phenolic OH excluding ortho intramolecular Hbond substituents is 1. The van der Waals surface area contributed by atoms with Gasteiger partial charge < -0.3 is 9.84 Å². The Labute approximate surface area is 135 Å². The third-order valence-corrected chi connectivity index (χ3v) is 3.78. The van der Waals surface area contributed by atoms with Gasteiger partial charge in [0, 0.05) is 6.07 Å². The number of benzene rings is 2. The molecular weight excluding hydrogens is 290 g/mol. The smallest absolute Gasteiger partial charge is 0.143 e. The van der Waals surface area contributed by atoms with Gasteiger partial charge in [-0.3, -0.25) is 0 Å². The molecule has 1 aromatic heterocycles. The third kappa shape index (κ3) is 3.28. The molecule has 120 valence electrons. The van der Waals surface area contributed by atoms with Crippen LogP contribution in [0, 0.1) is 0 Å². The van der Waals surface area contributed by atoms with Gasteiger partial charge in [0.05, 0.1) is 6.61 Å². The van der Waals surface area contributed by atoms with Gasteiger partial charge in [-0.25, -0.2) is 0 Å². The lowest BCUT2D eigenvalue weighted by molar-refractivity contribution is 0.310. The van der Waals surface area contributed by atoms with Crippen molar-refractivity contribution in [1.29, 1.82) is 0 Å². The highest BCUT2D eigenvalue weighted by molar-refractivity contribution is 5.75. The number of ether oxygens (including phenoxy) is 1. The van der Waals surface area contributed by atoms with Gasteiger partial charge in [0.1, 0.15) is 28.2 Å². The monoisotopic (exact) mass is 311 g/mol. The van der Waals surface area contributed by atoms with Crippen LogP contribution in [0.15, 0.2) is 36.4 Å². The molecule has 1 N–H and O–H groups in total. The molecule has 0 aliphatic heterocycles. The number of nitrogens with zero attached hydrogens (tertiary/aromatic N) is 3. The van der Waals surface area contributed by atoms with Crippen molar-refractivity contribution >= 4 is 11.0 Å². The summed E-state index contributed by atoms with van der Waals surface area (Å²) in [5, 5.41) is 19.0. The van der Waals surface area contributed by atoms with Crippen LogP contribution >= 0.6 is 0 Å². The van der Waals surface area contributed by atoms with Crippen LogP contribution < -0.4 is 4.74 Å². The molecule has 0 bridgehead atoms. The van der Waals surface area contributed by atoms with Crippen LogP contribution in [0.4, 0.5) is 0 Å². The van der Waals surface area contributed by atoms with Crippen molar-refractivity contribution in [2.75, 3.05) is 6.61 Å². The summed E-state index contributed by atoms with van der Waals surface area (Å²) in [4.78, 5) is 1.48. The van der Waals surface area contributed by atoms with Crippen LogP contribution in [0.5, 0.6) is 11.5 Å². The molecule has 0 spiro atoms. The number of hydrogen-bond donors (Lipinski definition) is 1.